The first-order chi connectivity index (χ1) is 7.63. The third-order valence-corrected chi connectivity index (χ3v) is 2.58. The summed E-state index contributed by atoms with van der Waals surface area (Å²) >= 11 is 0. The smallest absolute Gasteiger partial charge is 0.162 e. The van der Waals surface area contributed by atoms with Crippen molar-refractivity contribution in [3.05, 3.63) is 41.8 Å². The second-order valence-corrected chi connectivity index (χ2v) is 4.55. The van der Waals surface area contributed by atoms with Crippen LogP contribution in [0.25, 0.3) is 0 Å². The van der Waals surface area contributed by atoms with Crippen molar-refractivity contribution in [2.24, 2.45) is 5.92 Å². The Hall–Kier alpha value is -1.11. The number of Topliss-reactive ketones (excluding diaryl/α,β-unsaturated/α-hetero) is 1. The highest BCUT2D eigenvalue weighted by Gasteiger charge is 2.04. The number of rotatable bonds is 6. The number of carbonyl (C=O) groups is 1. The first kappa shape index (κ1) is 13.0. The van der Waals surface area contributed by atoms with Gasteiger partial charge in [0.25, 0.3) is 0 Å². The largest absolute Gasteiger partial charge is 0.294 e. The zero-order valence-corrected chi connectivity index (χ0v) is 10.5. The third-order valence-electron chi connectivity index (χ3n) is 2.58. The molecule has 0 aliphatic rings. The van der Waals surface area contributed by atoms with Gasteiger partial charge in [0.05, 0.1) is 0 Å². The number of hydrogen-bond acceptors (Lipinski definition) is 1. The molecule has 0 fully saturated rings. The summed E-state index contributed by atoms with van der Waals surface area (Å²) in [5.74, 6) is 0.864. The van der Waals surface area contributed by atoms with Gasteiger partial charge >= 0.3 is 0 Å². The molecule has 0 saturated carbocycles. The number of carbonyl (C=O) groups excluding carboxylic acids is 1. The van der Waals surface area contributed by atoms with Gasteiger partial charge in [0.15, 0.2) is 5.78 Å². The Morgan fingerprint density at radius 3 is 2.38 bits per heavy atom. The molecular weight excluding hydrogens is 196 g/mol. The molecule has 0 bridgehead atoms. The highest BCUT2D eigenvalue weighted by atomic mass is 16.1. The summed E-state index contributed by atoms with van der Waals surface area (Å²) in [6, 6.07) is 8.01. The van der Waals surface area contributed by atoms with E-state index in [4.69, 9.17) is 0 Å². The first-order valence-electron chi connectivity index (χ1n) is 6.09. The lowest BCUT2D eigenvalue weighted by molar-refractivity contribution is 0.0982. The van der Waals surface area contributed by atoms with E-state index < -0.39 is 0 Å². The molecule has 0 N–H and O–H groups in total. The van der Waals surface area contributed by atoms with Gasteiger partial charge in [-0.3, -0.25) is 4.79 Å². The standard InChI is InChI=1S/C15H21O/c1-4-5-15(16)14-10-8-13(9-11-14)7-6-12(2)3/h6,8-12H,4-5,7H2,1-3H3. The molecule has 0 spiro atoms. The molecule has 16 heavy (non-hydrogen) atoms. The Morgan fingerprint density at radius 1 is 1.25 bits per heavy atom. The lowest BCUT2D eigenvalue weighted by atomic mass is 10.00. The molecule has 0 aromatic heterocycles. The van der Waals surface area contributed by atoms with E-state index in [9.17, 15) is 4.79 Å². The highest BCUT2D eigenvalue weighted by Crippen LogP contribution is 2.11. The van der Waals surface area contributed by atoms with E-state index in [1.807, 2.05) is 19.1 Å². The minimum atomic E-state index is 0.252. The van der Waals surface area contributed by atoms with Gasteiger partial charge in [-0.25, -0.2) is 0 Å². The van der Waals surface area contributed by atoms with Crippen LogP contribution in [0.3, 0.4) is 0 Å². The molecule has 1 aromatic rings. The molecule has 1 radical (unpaired) electrons. The average Bonchev–Trinajstić information content (AvgIpc) is 2.27. The van der Waals surface area contributed by atoms with Crippen molar-refractivity contribution in [1.29, 1.82) is 0 Å². The summed E-state index contributed by atoms with van der Waals surface area (Å²) < 4.78 is 0. The first-order valence-corrected chi connectivity index (χ1v) is 6.09. The van der Waals surface area contributed by atoms with Gasteiger partial charge in [-0.05, 0) is 30.7 Å². The third kappa shape index (κ3) is 4.18. The van der Waals surface area contributed by atoms with Crippen molar-refractivity contribution < 1.29 is 4.79 Å². The summed E-state index contributed by atoms with van der Waals surface area (Å²) in [6.45, 7) is 6.39. The summed E-state index contributed by atoms with van der Waals surface area (Å²) in [6.07, 6.45) is 4.84. The topological polar surface area (TPSA) is 17.1 Å². The molecule has 0 heterocycles. The molecule has 1 aromatic carbocycles. The molecule has 1 nitrogen and oxygen atoms in total. The van der Waals surface area contributed by atoms with Crippen LogP contribution >= 0.6 is 0 Å². The molecule has 87 valence electrons. The van der Waals surface area contributed by atoms with Gasteiger partial charge in [-0.1, -0.05) is 45.0 Å². The van der Waals surface area contributed by atoms with Crippen molar-refractivity contribution in [1.82, 2.24) is 0 Å². The van der Waals surface area contributed by atoms with Crippen molar-refractivity contribution in [3.8, 4) is 0 Å². The van der Waals surface area contributed by atoms with Gasteiger partial charge in [0.2, 0.25) is 0 Å². The summed E-state index contributed by atoms with van der Waals surface area (Å²) in [5, 5.41) is 0. The summed E-state index contributed by atoms with van der Waals surface area (Å²) in [5.41, 5.74) is 2.12. The quantitative estimate of drug-likeness (QED) is 0.656. The molecule has 0 amide bonds. The van der Waals surface area contributed by atoms with E-state index in [-0.39, 0.29) is 5.78 Å². The van der Waals surface area contributed by atoms with Crippen LogP contribution in [0.4, 0.5) is 0 Å². The maximum absolute atomic E-state index is 11.6. The molecule has 0 saturated heterocycles. The van der Waals surface area contributed by atoms with Crippen molar-refractivity contribution >= 4 is 5.78 Å². The van der Waals surface area contributed by atoms with Crippen LogP contribution in [-0.2, 0) is 6.42 Å². The molecular formula is C15H21O. The van der Waals surface area contributed by atoms with Crippen LogP contribution in [0, 0.1) is 12.3 Å². The van der Waals surface area contributed by atoms with E-state index in [1.165, 1.54) is 5.56 Å². The minimum Gasteiger partial charge on any atom is -0.294 e. The zero-order chi connectivity index (χ0) is 12.0. The SMILES string of the molecule is CCCC(=O)c1ccc(C[CH]C(C)C)cc1. The highest BCUT2D eigenvalue weighted by molar-refractivity contribution is 5.95. The Bertz CT molecular complexity index is 322. The second kappa shape index (κ2) is 6.47. The predicted octanol–water partition coefficient (Wildman–Crippen LogP) is 4.07. The van der Waals surface area contributed by atoms with Crippen LogP contribution in [0.2, 0.25) is 0 Å². The summed E-state index contributed by atoms with van der Waals surface area (Å²) in [7, 11) is 0. The molecule has 1 rings (SSSR count). The van der Waals surface area contributed by atoms with Crippen molar-refractivity contribution in [3.63, 3.8) is 0 Å². The van der Waals surface area contributed by atoms with Gasteiger partial charge < -0.3 is 0 Å². The Kier molecular flexibility index (Phi) is 5.24. The normalized spacial score (nSPS) is 10.8. The Balaban J connectivity index is 2.57. The Labute approximate surface area is 98.9 Å². The van der Waals surface area contributed by atoms with E-state index in [2.05, 4.69) is 32.4 Å². The molecule has 0 aliphatic heterocycles. The maximum Gasteiger partial charge on any atom is 0.162 e. The van der Waals surface area contributed by atoms with Crippen LogP contribution in [0.15, 0.2) is 24.3 Å². The van der Waals surface area contributed by atoms with E-state index in [1.54, 1.807) is 0 Å². The lowest BCUT2D eigenvalue weighted by Gasteiger charge is -2.05. The monoisotopic (exact) mass is 217 g/mol. The molecule has 0 aliphatic carbocycles. The van der Waals surface area contributed by atoms with Gasteiger partial charge in [-0.15, -0.1) is 0 Å². The maximum atomic E-state index is 11.6. The molecule has 1 heteroatoms. The number of benzene rings is 1. The van der Waals surface area contributed by atoms with E-state index in [0.29, 0.717) is 12.3 Å². The number of ketones is 1. The second-order valence-electron chi connectivity index (χ2n) is 4.55. The van der Waals surface area contributed by atoms with E-state index in [0.717, 1.165) is 18.4 Å². The predicted molar refractivity (Wildman–Crippen MR) is 68.5 cm³/mol. The fourth-order valence-electron chi connectivity index (χ4n) is 1.57. The fraction of sp³-hybridized carbons (Fsp3) is 0.467. The Morgan fingerprint density at radius 2 is 1.88 bits per heavy atom. The van der Waals surface area contributed by atoms with E-state index >= 15 is 0 Å². The van der Waals surface area contributed by atoms with Crippen molar-refractivity contribution in [2.75, 3.05) is 0 Å². The van der Waals surface area contributed by atoms with Crippen molar-refractivity contribution in [2.45, 2.75) is 40.0 Å². The van der Waals surface area contributed by atoms with Gasteiger partial charge in [0, 0.05) is 12.0 Å². The fourth-order valence-corrected chi connectivity index (χ4v) is 1.57. The number of hydrogen-bond donors (Lipinski definition) is 0. The summed E-state index contributed by atoms with van der Waals surface area (Å²) in [4.78, 5) is 11.6. The van der Waals surface area contributed by atoms with Crippen LogP contribution in [-0.4, -0.2) is 5.78 Å². The molecule has 0 unspecified atom stereocenters. The van der Waals surface area contributed by atoms with Gasteiger partial charge in [0.1, 0.15) is 0 Å². The van der Waals surface area contributed by atoms with Gasteiger partial charge in [-0.2, -0.15) is 0 Å². The minimum absolute atomic E-state index is 0.252. The lowest BCUT2D eigenvalue weighted by Crippen LogP contribution is -1.99. The average molecular weight is 217 g/mol. The van der Waals surface area contributed by atoms with Crippen LogP contribution in [0.1, 0.15) is 49.5 Å². The zero-order valence-electron chi connectivity index (χ0n) is 10.5. The van der Waals surface area contributed by atoms with Crippen LogP contribution in [0.5, 0.6) is 0 Å². The molecule has 0 atom stereocenters. The van der Waals surface area contributed by atoms with Crippen LogP contribution < -0.4 is 0 Å².